The highest BCUT2D eigenvalue weighted by molar-refractivity contribution is 7.89. The summed E-state index contributed by atoms with van der Waals surface area (Å²) < 4.78 is 42.8. The van der Waals surface area contributed by atoms with Gasteiger partial charge in [0.1, 0.15) is 11.5 Å². The molecule has 0 spiro atoms. The Bertz CT molecular complexity index is 1070. The van der Waals surface area contributed by atoms with Gasteiger partial charge in [-0.25, -0.2) is 12.7 Å². The third-order valence-corrected chi connectivity index (χ3v) is 6.32. The number of sulfonamides is 1. The summed E-state index contributed by atoms with van der Waals surface area (Å²) in [5.41, 5.74) is 1.81. The molecule has 2 aromatic carbocycles. The number of nitrogens with zero attached hydrogens (tertiary/aromatic N) is 3. The van der Waals surface area contributed by atoms with Gasteiger partial charge in [0.15, 0.2) is 12.4 Å². The lowest BCUT2D eigenvalue weighted by Crippen LogP contribution is -2.29. The Hall–Kier alpha value is -2.91. The molecule has 30 heavy (non-hydrogen) atoms. The Balaban J connectivity index is 1.56. The minimum Gasteiger partial charge on any atom is -0.497 e. The van der Waals surface area contributed by atoms with Crippen LogP contribution in [0.1, 0.15) is 22.8 Å². The fraction of sp³-hybridized carbons (Fsp3) is 0.333. The second-order valence-electron chi connectivity index (χ2n) is 6.97. The molecule has 0 saturated heterocycles. The first kappa shape index (κ1) is 21.8. The Kier molecular flexibility index (Phi) is 6.73. The minimum absolute atomic E-state index is 0.121. The number of aromatic nitrogens is 2. The number of rotatable bonds is 9. The van der Waals surface area contributed by atoms with Crippen LogP contribution in [-0.2, 0) is 23.1 Å². The Labute approximate surface area is 176 Å². The van der Waals surface area contributed by atoms with Crippen LogP contribution in [0.2, 0.25) is 0 Å². The van der Waals surface area contributed by atoms with E-state index in [0.717, 1.165) is 16.9 Å². The predicted molar refractivity (Wildman–Crippen MR) is 111 cm³/mol. The zero-order valence-corrected chi connectivity index (χ0v) is 18.3. The van der Waals surface area contributed by atoms with Crippen molar-refractivity contribution >= 4 is 10.0 Å². The number of hydrogen-bond donors (Lipinski definition) is 0. The van der Waals surface area contributed by atoms with E-state index < -0.39 is 10.0 Å². The van der Waals surface area contributed by atoms with Crippen LogP contribution < -0.4 is 9.47 Å². The molecule has 0 aliphatic rings. The third-order valence-electron chi connectivity index (χ3n) is 4.49. The minimum atomic E-state index is -3.59. The van der Waals surface area contributed by atoms with Gasteiger partial charge in [-0.1, -0.05) is 11.2 Å². The van der Waals surface area contributed by atoms with E-state index >= 15 is 0 Å². The zero-order valence-electron chi connectivity index (χ0n) is 17.5. The van der Waals surface area contributed by atoms with Crippen molar-refractivity contribution in [3.05, 3.63) is 65.3 Å². The molecule has 160 valence electrons. The predicted octanol–water partition coefficient (Wildman–Crippen LogP) is 3.14. The van der Waals surface area contributed by atoms with Crippen LogP contribution in [0, 0.1) is 13.8 Å². The van der Waals surface area contributed by atoms with Gasteiger partial charge >= 0.3 is 0 Å². The summed E-state index contributed by atoms with van der Waals surface area (Å²) in [6.45, 7) is 4.10. The maximum atomic E-state index is 12.8. The number of aryl methyl sites for hydroxylation is 2. The van der Waals surface area contributed by atoms with Gasteiger partial charge < -0.3 is 14.0 Å². The van der Waals surface area contributed by atoms with Gasteiger partial charge in [-0.05, 0) is 61.4 Å². The van der Waals surface area contributed by atoms with Crippen molar-refractivity contribution in [3.63, 3.8) is 0 Å². The lowest BCUT2D eigenvalue weighted by Gasteiger charge is -2.17. The lowest BCUT2D eigenvalue weighted by molar-refractivity contribution is 0.242. The molecule has 0 aliphatic heterocycles. The SMILES string of the molecule is COc1ccc(OCc2nc(CCN(C)S(=O)(=O)c3cc(C)cc(C)c3)no2)cc1. The van der Waals surface area contributed by atoms with E-state index in [9.17, 15) is 8.42 Å². The average Bonchev–Trinajstić information content (AvgIpc) is 3.18. The summed E-state index contributed by atoms with van der Waals surface area (Å²) in [7, 11) is -0.447. The van der Waals surface area contributed by atoms with E-state index in [1.54, 1.807) is 50.6 Å². The van der Waals surface area contributed by atoms with E-state index in [-0.39, 0.29) is 18.0 Å². The number of hydrogen-bond acceptors (Lipinski definition) is 7. The summed E-state index contributed by atoms with van der Waals surface area (Å²) in [6, 6.07) is 12.4. The van der Waals surface area contributed by atoms with Gasteiger partial charge in [-0.2, -0.15) is 4.98 Å². The van der Waals surface area contributed by atoms with Crippen LogP contribution in [-0.4, -0.2) is 43.6 Å². The quantitative estimate of drug-likeness (QED) is 0.514. The zero-order chi connectivity index (χ0) is 21.7. The van der Waals surface area contributed by atoms with Crippen molar-refractivity contribution in [2.45, 2.75) is 31.8 Å². The van der Waals surface area contributed by atoms with E-state index in [0.29, 0.717) is 23.9 Å². The molecule has 3 rings (SSSR count). The van der Waals surface area contributed by atoms with E-state index in [1.165, 1.54) is 4.31 Å². The Morgan fingerprint density at radius 2 is 1.67 bits per heavy atom. The van der Waals surface area contributed by atoms with Crippen molar-refractivity contribution in [1.82, 2.24) is 14.4 Å². The smallest absolute Gasteiger partial charge is 0.264 e. The van der Waals surface area contributed by atoms with Gasteiger partial charge in [0.25, 0.3) is 5.89 Å². The van der Waals surface area contributed by atoms with Crippen LogP contribution in [0.5, 0.6) is 11.5 Å². The Morgan fingerprint density at radius 3 is 2.30 bits per heavy atom. The van der Waals surface area contributed by atoms with Crippen LogP contribution >= 0.6 is 0 Å². The number of ether oxygens (including phenoxy) is 2. The molecule has 0 N–H and O–H groups in total. The molecule has 0 bridgehead atoms. The Morgan fingerprint density at radius 1 is 1.03 bits per heavy atom. The first-order valence-electron chi connectivity index (χ1n) is 9.41. The van der Waals surface area contributed by atoms with Gasteiger partial charge in [0.05, 0.1) is 12.0 Å². The van der Waals surface area contributed by atoms with Crippen molar-refractivity contribution in [2.75, 3.05) is 20.7 Å². The number of methoxy groups -OCH3 is 1. The molecule has 3 aromatic rings. The summed E-state index contributed by atoms with van der Waals surface area (Å²) in [6.07, 6.45) is 0.326. The molecular weight excluding hydrogens is 406 g/mol. The van der Waals surface area contributed by atoms with Crippen LogP contribution in [0.3, 0.4) is 0 Å². The van der Waals surface area contributed by atoms with E-state index in [1.807, 2.05) is 19.9 Å². The second kappa shape index (κ2) is 9.27. The highest BCUT2D eigenvalue weighted by atomic mass is 32.2. The molecule has 0 atom stereocenters. The highest BCUT2D eigenvalue weighted by Crippen LogP contribution is 2.19. The monoisotopic (exact) mass is 431 g/mol. The molecule has 0 radical (unpaired) electrons. The largest absolute Gasteiger partial charge is 0.497 e. The molecule has 0 amide bonds. The van der Waals surface area contributed by atoms with Crippen molar-refractivity contribution in [2.24, 2.45) is 0 Å². The van der Waals surface area contributed by atoms with Gasteiger partial charge in [0.2, 0.25) is 10.0 Å². The number of benzene rings is 2. The average molecular weight is 432 g/mol. The molecule has 1 heterocycles. The molecule has 0 saturated carbocycles. The molecule has 0 fully saturated rings. The molecule has 1 aromatic heterocycles. The van der Waals surface area contributed by atoms with Crippen molar-refractivity contribution in [3.8, 4) is 11.5 Å². The summed E-state index contributed by atoms with van der Waals surface area (Å²) in [4.78, 5) is 4.55. The van der Waals surface area contributed by atoms with Crippen molar-refractivity contribution < 1.29 is 22.4 Å². The molecule has 8 nitrogen and oxygen atoms in total. The summed E-state index contributed by atoms with van der Waals surface area (Å²) in [5, 5.41) is 3.90. The second-order valence-corrected chi connectivity index (χ2v) is 9.01. The third kappa shape index (κ3) is 5.37. The van der Waals surface area contributed by atoms with Crippen LogP contribution in [0.15, 0.2) is 51.9 Å². The highest BCUT2D eigenvalue weighted by Gasteiger charge is 2.22. The molecule has 0 aliphatic carbocycles. The van der Waals surface area contributed by atoms with Crippen LogP contribution in [0.25, 0.3) is 0 Å². The maximum absolute atomic E-state index is 12.8. The molecule has 0 unspecified atom stereocenters. The molecule has 9 heteroatoms. The number of likely N-dealkylation sites (N-methyl/N-ethyl adjacent to an activating group) is 1. The molecular formula is C21H25N3O5S. The van der Waals surface area contributed by atoms with Gasteiger partial charge in [-0.3, -0.25) is 0 Å². The summed E-state index contributed by atoms with van der Waals surface area (Å²) >= 11 is 0. The van der Waals surface area contributed by atoms with Crippen LogP contribution in [0.4, 0.5) is 0 Å². The lowest BCUT2D eigenvalue weighted by atomic mass is 10.2. The standard InChI is InChI=1S/C21H25N3O5S/c1-15-11-16(2)13-19(12-15)30(25,26)24(3)10-9-20-22-21(29-23-20)14-28-18-7-5-17(27-4)6-8-18/h5-8,11-13H,9-10,14H2,1-4H3. The maximum Gasteiger partial charge on any atom is 0.264 e. The van der Waals surface area contributed by atoms with Gasteiger partial charge in [0, 0.05) is 20.0 Å². The van der Waals surface area contributed by atoms with E-state index in [4.69, 9.17) is 14.0 Å². The summed E-state index contributed by atoms with van der Waals surface area (Å²) in [5.74, 6) is 2.13. The fourth-order valence-corrected chi connectivity index (χ4v) is 4.27. The van der Waals surface area contributed by atoms with E-state index in [2.05, 4.69) is 10.1 Å². The topological polar surface area (TPSA) is 94.8 Å². The first-order chi connectivity index (χ1) is 14.3. The van der Waals surface area contributed by atoms with Crippen molar-refractivity contribution in [1.29, 1.82) is 0 Å². The first-order valence-corrected chi connectivity index (χ1v) is 10.8. The fourth-order valence-electron chi connectivity index (χ4n) is 2.91. The normalized spacial score (nSPS) is 11.6. The van der Waals surface area contributed by atoms with Gasteiger partial charge in [-0.15, -0.1) is 0 Å².